The van der Waals surface area contributed by atoms with Crippen LogP contribution in [0.25, 0.3) is 5.78 Å². The largest absolute Gasteiger partial charge is 0.292 e. The molecule has 0 spiro atoms. The molecule has 1 amide bonds. The Hall–Kier alpha value is -2.83. The van der Waals surface area contributed by atoms with E-state index in [0.29, 0.717) is 24.2 Å². The predicted molar refractivity (Wildman–Crippen MR) is 81.3 cm³/mol. The van der Waals surface area contributed by atoms with Crippen molar-refractivity contribution in [3.8, 4) is 0 Å². The third kappa shape index (κ3) is 2.25. The lowest BCUT2D eigenvalue weighted by atomic mass is 9.64. The molecule has 23 heavy (non-hydrogen) atoms. The van der Waals surface area contributed by atoms with E-state index in [2.05, 4.69) is 20.4 Å². The fraction of sp³-hybridized carbons (Fsp3) is 0.250. The van der Waals surface area contributed by atoms with E-state index in [0.717, 1.165) is 6.42 Å². The summed E-state index contributed by atoms with van der Waals surface area (Å²) in [6, 6.07) is 7.96. The number of hydrogen-bond donors (Lipinski definition) is 1. The summed E-state index contributed by atoms with van der Waals surface area (Å²) >= 11 is 0. The Morgan fingerprint density at radius 1 is 1.30 bits per heavy atom. The molecule has 7 heteroatoms. The molecule has 1 fully saturated rings. The Morgan fingerprint density at radius 3 is 2.87 bits per heavy atom. The van der Waals surface area contributed by atoms with Crippen LogP contribution in [0.3, 0.4) is 0 Å². The first-order chi connectivity index (χ1) is 11.2. The van der Waals surface area contributed by atoms with Gasteiger partial charge in [0.25, 0.3) is 11.7 Å². The summed E-state index contributed by atoms with van der Waals surface area (Å²) in [5.74, 6) is 0.0782. The molecule has 0 aliphatic heterocycles. The number of benzene rings is 1. The van der Waals surface area contributed by atoms with Crippen molar-refractivity contribution >= 4 is 17.6 Å². The van der Waals surface area contributed by atoms with E-state index >= 15 is 0 Å². The summed E-state index contributed by atoms with van der Waals surface area (Å²) in [4.78, 5) is 21.0. The molecule has 2 aromatic heterocycles. The minimum atomic E-state index is -0.701. The summed E-state index contributed by atoms with van der Waals surface area (Å²) in [5.41, 5.74) is -0.00403. The molecule has 0 saturated heterocycles. The fourth-order valence-electron chi connectivity index (χ4n) is 2.97. The lowest BCUT2D eigenvalue weighted by molar-refractivity contribution is -0.124. The van der Waals surface area contributed by atoms with Gasteiger partial charge >= 0.3 is 0 Å². The summed E-state index contributed by atoms with van der Waals surface area (Å²) < 4.78 is 15.0. The van der Waals surface area contributed by atoms with Gasteiger partial charge in [0.05, 0.1) is 5.41 Å². The third-order valence-electron chi connectivity index (χ3n) is 4.36. The molecule has 1 N–H and O–H groups in total. The van der Waals surface area contributed by atoms with Gasteiger partial charge in [-0.15, -0.1) is 5.10 Å². The van der Waals surface area contributed by atoms with Gasteiger partial charge in [-0.25, -0.2) is 13.9 Å². The summed E-state index contributed by atoms with van der Waals surface area (Å²) in [5, 5.41) is 6.92. The van der Waals surface area contributed by atoms with Crippen LogP contribution in [-0.4, -0.2) is 25.5 Å². The van der Waals surface area contributed by atoms with Gasteiger partial charge in [0.15, 0.2) is 0 Å². The molecule has 0 radical (unpaired) electrons. The molecule has 0 bridgehead atoms. The van der Waals surface area contributed by atoms with Crippen LogP contribution >= 0.6 is 0 Å². The van der Waals surface area contributed by atoms with Gasteiger partial charge in [0.1, 0.15) is 5.82 Å². The summed E-state index contributed by atoms with van der Waals surface area (Å²) in [6.45, 7) is 0. The molecule has 0 unspecified atom stereocenters. The molecule has 3 aromatic rings. The van der Waals surface area contributed by atoms with Crippen molar-refractivity contribution < 1.29 is 9.18 Å². The van der Waals surface area contributed by atoms with E-state index in [4.69, 9.17) is 0 Å². The van der Waals surface area contributed by atoms with E-state index < -0.39 is 5.41 Å². The Labute approximate surface area is 131 Å². The molecule has 1 aromatic carbocycles. The Balaban J connectivity index is 1.64. The standard InChI is InChI=1S/C16H14FN5O/c17-12-5-1-4-11(10-12)16(6-2-7-16)13(23)19-14-20-15-18-8-3-9-22(15)21-14/h1,3-5,8-10H,2,6-7H2,(H,19,21,23). The van der Waals surface area contributed by atoms with Crippen molar-refractivity contribution in [1.82, 2.24) is 19.6 Å². The number of anilines is 1. The second-order valence-corrected chi connectivity index (χ2v) is 5.70. The predicted octanol–water partition coefficient (Wildman–Crippen LogP) is 2.32. The van der Waals surface area contributed by atoms with Gasteiger partial charge < -0.3 is 0 Å². The Kier molecular flexibility index (Phi) is 3.07. The van der Waals surface area contributed by atoms with E-state index in [1.54, 1.807) is 30.6 Å². The minimum Gasteiger partial charge on any atom is -0.292 e. The van der Waals surface area contributed by atoms with Gasteiger partial charge in [-0.2, -0.15) is 4.98 Å². The number of fused-ring (bicyclic) bond motifs is 1. The van der Waals surface area contributed by atoms with Crippen molar-refractivity contribution in [3.63, 3.8) is 0 Å². The van der Waals surface area contributed by atoms with Crippen LogP contribution in [0.4, 0.5) is 10.3 Å². The van der Waals surface area contributed by atoms with E-state index in [1.807, 2.05) is 0 Å². The van der Waals surface area contributed by atoms with Gasteiger partial charge in [0, 0.05) is 12.4 Å². The van der Waals surface area contributed by atoms with Gasteiger partial charge in [-0.1, -0.05) is 18.6 Å². The van der Waals surface area contributed by atoms with Crippen LogP contribution in [0, 0.1) is 5.82 Å². The molecule has 6 nitrogen and oxygen atoms in total. The molecule has 1 aliphatic carbocycles. The topological polar surface area (TPSA) is 72.2 Å². The third-order valence-corrected chi connectivity index (χ3v) is 4.36. The van der Waals surface area contributed by atoms with E-state index in [9.17, 15) is 9.18 Å². The molecular formula is C16H14FN5O. The quantitative estimate of drug-likeness (QED) is 0.806. The molecule has 1 saturated carbocycles. The zero-order chi connectivity index (χ0) is 15.9. The van der Waals surface area contributed by atoms with Crippen molar-refractivity contribution in [1.29, 1.82) is 0 Å². The normalized spacial score (nSPS) is 16.0. The van der Waals surface area contributed by atoms with Gasteiger partial charge in [0.2, 0.25) is 5.91 Å². The molecule has 0 atom stereocenters. The highest BCUT2D eigenvalue weighted by Gasteiger charge is 2.46. The molecular weight excluding hydrogens is 297 g/mol. The van der Waals surface area contributed by atoms with Crippen molar-refractivity contribution in [3.05, 3.63) is 54.1 Å². The van der Waals surface area contributed by atoms with Crippen molar-refractivity contribution in [2.75, 3.05) is 5.32 Å². The fourth-order valence-corrected chi connectivity index (χ4v) is 2.97. The average molecular weight is 311 g/mol. The van der Waals surface area contributed by atoms with E-state index in [-0.39, 0.29) is 17.7 Å². The number of halogens is 1. The van der Waals surface area contributed by atoms with Gasteiger partial charge in [-0.05, 0) is 36.6 Å². The average Bonchev–Trinajstić information content (AvgIpc) is 2.88. The first kappa shape index (κ1) is 13.8. The zero-order valence-corrected chi connectivity index (χ0v) is 12.2. The zero-order valence-electron chi connectivity index (χ0n) is 12.2. The first-order valence-corrected chi connectivity index (χ1v) is 7.42. The van der Waals surface area contributed by atoms with Crippen LogP contribution in [0.2, 0.25) is 0 Å². The second kappa shape index (κ2) is 5.12. The SMILES string of the molecule is O=C(Nc1nc2ncccn2n1)C1(c2cccc(F)c2)CCC1. The number of carbonyl (C=O) groups is 1. The van der Waals surface area contributed by atoms with Crippen LogP contribution in [-0.2, 0) is 10.2 Å². The molecule has 116 valence electrons. The number of nitrogens with one attached hydrogen (secondary N) is 1. The summed E-state index contributed by atoms with van der Waals surface area (Å²) in [7, 11) is 0. The molecule has 1 aliphatic rings. The maximum atomic E-state index is 13.5. The van der Waals surface area contributed by atoms with Crippen molar-refractivity contribution in [2.24, 2.45) is 0 Å². The molecule has 4 rings (SSSR count). The lowest BCUT2D eigenvalue weighted by Crippen LogP contribution is -2.46. The van der Waals surface area contributed by atoms with Crippen LogP contribution < -0.4 is 5.32 Å². The van der Waals surface area contributed by atoms with Crippen LogP contribution in [0.15, 0.2) is 42.7 Å². The molecule has 2 heterocycles. The summed E-state index contributed by atoms with van der Waals surface area (Å²) in [6.07, 6.45) is 5.62. The first-order valence-electron chi connectivity index (χ1n) is 7.42. The highest BCUT2D eigenvalue weighted by molar-refractivity contribution is 5.98. The smallest absolute Gasteiger partial charge is 0.253 e. The highest BCUT2D eigenvalue weighted by Crippen LogP contribution is 2.44. The van der Waals surface area contributed by atoms with Gasteiger partial charge in [-0.3, -0.25) is 10.1 Å². The highest BCUT2D eigenvalue weighted by atomic mass is 19.1. The van der Waals surface area contributed by atoms with Crippen LogP contribution in [0.5, 0.6) is 0 Å². The Morgan fingerprint density at radius 2 is 2.17 bits per heavy atom. The lowest BCUT2D eigenvalue weighted by Gasteiger charge is -2.40. The number of carbonyl (C=O) groups excluding carboxylic acids is 1. The monoisotopic (exact) mass is 311 g/mol. The van der Waals surface area contributed by atoms with Crippen molar-refractivity contribution in [2.45, 2.75) is 24.7 Å². The second-order valence-electron chi connectivity index (χ2n) is 5.70. The minimum absolute atomic E-state index is 0.203. The number of rotatable bonds is 3. The maximum absolute atomic E-state index is 13.5. The number of nitrogens with zero attached hydrogens (tertiary/aromatic N) is 4. The maximum Gasteiger partial charge on any atom is 0.253 e. The van der Waals surface area contributed by atoms with E-state index in [1.165, 1.54) is 16.6 Å². The number of hydrogen-bond acceptors (Lipinski definition) is 4. The number of amides is 1. The Bertz CT molecular complexity index is 854. The van der Waals surface area contributed by atoms with Crippen LogP contribution in [0.1, 0.15) is 24.8 Å². The number of aromatic nitrogens is 4.